The SMILES string of the molecule is CN=C(NCCN1CCCCC1)NCCN1C(=O)CCCC1=O.I. The predicted molar refractivity (Wildman–Crippen MR) is 106 cm³/mol. The van der Waals surface area contributed by atoms with Crippen molar-refractivity contribution in [2.24, 2.45) is 4.99 Å². The summed E-state index contributed by atoms with van der Waals surface area (Å²) in [6.07, 6.45) is 5.58. The largest absolute Gasteiger partial charge is 0.355 e. The number of nitrogens with zero attached hydrogens (tertiary/aromatic N) is 3. The second-order valence-corrected chi connectivity index (χ2v) is 6.12. The fourth-order valence-electron chi connectivity index (χ4n) is 3.07. The monoisotopic (exact) mass is 451 g/mol. The van der Waals surface area contributed by atoms with E-state index < -0.39 is 0 Å². The van der Waals surface area contributed by atoms with Gasteiger partial charge in [0.15, 0.2) is 5.96 Å². The maximum Gasteiger partial charge on any atom is 0.229 e. The second kappa shape index (κ2) is 11.6. The van der Waals surface area contributed by atoms with Crippen LogP contribution >= 0.6 is 24.0 Å². The molecule has 2 fully saturated rings. The number of guanidine groups is 1. The summed E-state index contributed by atoms with van der Waals surface area (Å²) >= 11 is 0. The molecule has 2 heterocycles. The molecule has 0 aromatic rings. The van der Waals surface area contributed by atoms with Crippen LogP contribution in [0.15, 0.2) is 4.99 Å². The first kappa shape index (κ1) is 21.1. The van der Waals surface area contributed by atoms with E-state index in [1.165, 1.54) is 37.3 Å². The normalized spacial score (nSPS) is 19.9. The van der Waals surface area contributed by atoms with Crippen LogP contribution in [0.2, 0.25) is 0 Å². The van der Waals surface area contributed by atoms with Crippen molar-refractivity contribution in [1.29, 1.82) is 0 Å². The molecule has 0 aromatic heterocycles. The van der Waals surface area contributed by atoms with Gasteiger partial charge in [-0.2, -0.15) is 0 Å². The second-order valence-electron chi connectivity index (χ2n) is 6.12. The lowest BCUT2D eigenvalue weighted by molar-refractivity contribution is -0.147. The van der Waals surface area contributed by atoms with Gasteiger partial charge >= 0.3 is 0 Å². The van der Waals surface area contributed by atoms with Crippen LogP contribution < -0.4 is 10.6 Å². The number of halogens is 1. The molecule has 2 saturated heterocycles. The molecule has 0 bridgehead atoms. The molecule has 2 N–H and O–H groups in total. The van der Waals surface area contributed by atoms with E-state index in [4.69, 9.17) is 0 Å². The third kappa shape index (κ3) is 6.92. The summed E-state index contributed by atoms with van der Waals surface area (Å²) in [5.41, 5.74) is 0. The van der Waals surface area contributed by atoms with Gasteiger partial charge in [-0.05, 0) is 32.4 Å². The first-order valence-electron chi connectivity index (χ1n) is 8.71. The lowest BCUT2D eigenvalue weighted by atomic mass is 10.1. The van der Waals surface area contributed by atoms with Crippen molar-refractivity contribution in [3.8, 4) is 0 Å². The Balaban J connectivity index is 0.00000288. The maximum atomic E-state index is 11.7. The van der Waals surface area contributed by atoms with Crippen molar-refractivity contribution in [3.63, 3.8) is 0 Å². The molecule has 0 aliphatic carbocycles. The molecular formula is C16H30IN5O2. The zero-order chi connectivity index (χ0) is 16.5. The van der Waals surface area contributed by atoms with Gasteiger partial charge in [0.25, 0.3) is 0 Å². The highest BCUT2D eigenvalue weighted by molar-refractivity contribution is 14.0. The number of amides is 2. The fourth-order valence-corrected chi connectivity index (χ4v) is 3.07. The van der Waals surface area contributed by atoms with E-state index in [9.17, 15) is 9.59 Å². The summed E-state index contributed by atoms with van der Waals surface area (Å²) in [7, 11) is 1.73. The van der Waals surface area contributed by atoms with E-state index in [1.807, 2.05) is 0 Å². The summed E-state index contributed by atoms with van der Waals surface area (Å²) in [6.45, 7) is 5.18. The van der Waals surface area contributed by atoms with E-state index >= 15 is 0 Å². The average molecular weight is 451 g/mol. The first-order valence-corrected chi connectivity index (χ1v) is 8.71. The van der Waals surface area contributed by atoms with Crippen molar-refractivity contribution in [2.45, 2.75) is 38.5 Å². The standard InChI is InChI=1S/C16H29N5O2.HI/c1-17-16(18-8-12-20-10-3-2-4-11-20)19-9-13-21-14(22)6-5-7-15(21)23;/h2-13H2,1H3,(H2,17,18,19);1H. The molecule has 0 atom stereocenters. The number of carbonyl (C=O) groups excluding carboxylic acids is 2. The zero-order valence-electron chi connectivity index (χ0n) is 14.6. The van der Waals surface area contributed by atoms with Gasteiger partial charge < -0.3 is 15.5 Å². The van der Waals surface area contributed by atoms with Crippen molar-refractivity contribution < 1.29 is 9.59 Å². The van der Waals surface area contributed by atoms with E-state index in [0.717, 1.165) is 19.0 Å². The third-order valence-corrected chi connectivity index (χ3v) is 4.40. The number of hydrogen-bond donors (Lipinski definition) is 2. The minimum Gasteiger partial charge on any atom is -0.355 e. The Morgan fingerprint density at radius 1 is 0.958 bits per heavy atom. The number of nitrogens with one attached hydrogen (secondary N) is 2. The maximum absolute atomic E-state index is 11.7. The number of imide groups is 1. The van der Waals surface area contributed by atoms with Crippen molar-refractivity contribution in [1.82, 2.24) is 20.4 Å². The van der Waals surface area contributed by atoms with Crippen LogP contribution in [0.4, 0.5) is 0 Å². The molecule has 7 nitrogen and oxygen atoms in total. The Morgan fingerprint density at radius 2 is 1.54 bits per heavy atom. The molecular weight excluding hydrogens is 421 g/mol. The number of piperidine rings is 2. The third-order valence-electron chi connectivity index (χ3n) is 4.40. The molecule has 24 heavy (non-hydrogen) atoms. The molecule has 2 aliphatic rings. The number of hydrogen-bond acceptors (Lipinski definition) is 4. The van der Waals surface area contributed by atoms with Gasteiger partial charge in [0.1, 0.15) is 0 Å². The Bertz CT molecular complexity index is 422. The summed E-state index contributed by atoms with van der Waals surface area (Å²) in [6, 6.07) is 0. The highest BCUT2D eigenvalue weighted by Gasteiger charge is 2.25. The Kier molecular flexibility index (Phi) is 10.2. The van der Waals surface area contributed by atoms with Crippen LogP contribution in [-0.2, 0) is 9.59 Å². The summed E-state index contributed by atoms with van der Waals surface area (Å²) in [5, 5.41) is 6.46. The van der Waals surface area contributed by atoms with Gasteiger partial charge in [-0.25, -0.2) is 0 Å². The number of aliphatic imine (C=N–C) groups is 1. The van der Waals surface area contributed by atoms with Gasteiger partial charge in [0.2, 0.25) is 11.8 Å². The molecule has 0 saturated carbocycles. The summed E-state index contributed by atoms with van der Waals surface area (Å²) in [4.78, 5) is 31.5. The highest BCUT2D eigenvalue weighted by Crippen LogP contribution is 2.11. The van der Waals surface area contributed by atoms with E-state index in [2.05, 4.69) is 20.5 Å². The lowest BCUT2D eigenvalue weighted by Crippen LogP contribution is -2.47. The van der Waals surface area contributed by atoms with Crippen molar-refractivity contribution >= 4 is 41.8 Å². The van der Waals surface area contributed by atoms with Crippen LogP contribution in [0.5, 0.6) is 0 Å². The molecule has 138 valence electrons. The molecule has 0 unspecified atom stereocenters. The molecule has 8 heteroatoms. The number of carbonyl (C=O) groups is 2. The smallest absolute Gasteiger partial charge is 0.229 e. The minimum atomic E-state index is -0.0592. The topological polar surface area (TPSA) is 77.0 Å². The molecule has 2 aliphatic heterocycles. The zero-order valence-corrected chi connectivity index (χ0v) is 16.9. The van der Waals surface area contributed by atoms with Crippen LogP contribution in [0.1, 0.15) is 38.5 Å². The molecule has 0 spiro atoms. The van der Waals surface area contributed by atoms with Crippen molar-refractivity contribution in [2.75, 3.05) is 46.3 Å². The van der Waals surface area contributed by atoms with Gasteiger partial charge in [0, 0.05) is 46.1 Å². The summed E-state index contributed by atoms with van der Waals surface area (Å²) < 4.78 is 0. The Hall–Kier alpha value is -0.900. The van der Waals surface area contributed by atoms with E-state index in [1.54, 1.807) is 7.05 Å². The number of likely N-dealkylation sites (tertiary alicyclic amines) is 2. The van der Waals surface area contributed by atoms with Crippen LogP contribution in [0.3, 0.4) is 0 Å². The van der Waals surface area contributed by atoms with Crippen LogP contribution in [0, 0.1) is 0 Å². The molecule has 0 radical (unpaired) electrons. The average Bonchev–Trinajstić information content (AvgIpc) is 2.57. The first-order chi connectivity index (χ1) is 11.2. The minimum absolute atomic E-state index is 0. The van der Waals surface area contributed by atoms with E-state index in [-0.39, 0.29) is 35.8 Å². The predicted octanol–water partition coefficient (Wildman–Crippen LogP) is 0.794. The van der Waals surface area contributed by atoms with Crippen LogP contribution in [-0.4, -0.2) is 73.9 Å². The van der Waals surface area contributed by atoms with Gasteiger partial charge in [-0.3, -0.25) is 19.5 Å². The lowest BCUT2D eigenvalue weighted by Gasteiger charge is -2.27. The molecule has 2 rings (SSSR count). The highest BCUT2D eigenvalue weighted by atomic mass is 127. The number of rotatable bonds is 6. The van der Waals surface area contributed by atoms with Crippen LogP contribution in [0.25, 0.3) is 0 Å². The van der Waals surface area contributed by atoms with Gasteiger partial charge in [-0.1, -0.05) is 6.42 Å². The Morgan fingerprint density at radius 3 is 2.12 bits per heavy atom. The van der Waals surface area contributed by atoms with E-state index in [0.29, 0.717) is 32.4 Å². The molecule has 2 amide bonds. The quantitative estimate of drug-likeness (QED) is 0.271. The van der Waals surface area contributed by atoms with Crippen molar-refractivity contribution in [3.05, 3.63) is 0 Å². The summed E-state index contributed by atoms with van der Waals surface area (Å²) in [5.74, 6) is 0.603. The van der Waals surface area contributed by atoms with Gasteiger partial charge in [-0.15, -0.1) is 24.0 Å². The fraction of sp³-hybridized carbons (Fsp3) is 0.812. The van der Waals surface area contributed by atoms with Gasteiger partial charge in [0.05, 0.1) is 0 Å². The molecule has 0 aromatic carbocycles. The Labute approximate surface area is 161 Å².